The van der Waals surface area contributed by atoms with Crippen LogP contribution in [0.4, 0.5) is 4.79 Å². The van der Waals surface area contributed by atoms with E-state index in [1.54, 1.807) is 27.7 Å². The summed E-state index contributed by atoms with van der Waals surface area (Å²) >= 11 is 0. The highest BCUT2D eigenvalue weighted by Gasteiger charge is 2.54. The lowest BCUT2D eigenvalue weighted by Gasteiger charge is -2.38. The van der Waals surface area contributed by atoms with Gasteiger partial charge in [-0.2, -0.15) is 0 Å². The van der Waals surface area contributed by atoms with Gasteiger partial charge in [-0.1, -0.05) is 91.0 Å². The zero-order chi connectivity index (χ0) is 26.7. The van der Waals surface area contributed by atoms with Crippen molar-refractivity contribution in [2.24, 2.45) is 0 Å². The van der Waals surface area contributed by atoms with E-state index in [4.69, 9.17) is 14.2 Å². The zero-order valence-electron chi connectivity index (χ0n) is 22.1. The fourth-order valence-corrected chi connectivity index (χ4v) is 5.08. The van der Waals surface area contributed by atoms with E-state index in [1.807, 2.05) is 91.0 Å². The maximum absolute atomic E-state index is 13.3. The molecule has 3 aromatic carbocycles. The van der Waals surface area contributed by atoms with Crippen molar-refractivity contribution in [3.05, 3.63) is 108 Å². The third-order valence-electron chi connectivity index (χ3n) is 6.73. The Kier molecular flexibility index (Phi) is 7.42. The second-order valence-corrected chi connectivity index (χ2v) is 10.6. The van der Waals surface area contributed by atoms with Gasteiger partial charge in [0.15, 0.2) is 0 Å². The summed E-state index contributed by atoms with van der Waals surface area (Å²) in [5.74, 6) is -0.505. The summed E-state index contributed by atoms with van der Waals surface area (Å²) in [4.78, 5) is 27.7. The molecule has 1 amide bonds. The Morgan fingerprint density at radius 3 is 1.62 bits per heavy atom. The molecular formula is C31H35NO5. The number of esters is 1. The van der Waals surface area contributed by atoms with E-state index in [0.29, 0.717) is 0 Å². The van der Waals surface area contributed by atoms with Crippen molar-refractivity contribution in [1.29, 1.82) is 0 Å². The summed E-state index contributed by atoms with van der Waals surface area (Å²) in [5.41, 5.74) is -0.0873. The van der Waals surface area contributed by atoms with Gasteiger partial charge < -0.3 is 14.2 Å². The van der Waals surface area contributed by atoms with E-state index in [0.717, 1.165) is 16.7 Å². The van der Waals surface area contributed by atoms with Crippen molar-refractivity contribution >= 4 is 12.1 Å². The lowest BCUT2D eigenvalue weighted by Crippen LogP contribution is -2.52. The highest BCUT2D eigenvalue weighted by Crippen LogP contribution is 2.44. The molecule has 0 saturated carbocycles. The maximum atomic E-state index is 13.3. The number of hydrogen-bond donors (Lipinski definition) is 0. The molecule has 37 heavy (non-hydrogen) atoms. The topological polar surface area (TPSA) is 65.1 Å². The van der Waals surface area contributed by atoms with Gasteiger partial charge in [0.2, 0.25) is 0 Å². The Morgan fingerprint density at radius 1 is 0.811 bits per heavy atom. The Hall–Kier alpha value is -3.64. The van der Waals surface area contributed by atoms with E-state index in [2.05, 4.69) is 0 Å². The Morgan fingerprint density at radius 2 is 1.24 bits per heavy atom. The van der Waals surface area contributed by atoms with E-state index in [-0.39, 0.29) is 13.0 Å². The summed E-state index contributed by atoms with van der Waals surface area (Å²) < 4.78 is 17.9. The van der Waals surface area contributed by atoms with Gasteiger partial charge >= 0.3 is 12.1 Å². The molecule has 0 aliphatic carbocycles. The van der Waals surface area contributed by atoms with Crippen LogP contribution in [0.1, 0.15) is 50.8 Å². The smallest absolute Gasteiger partial charge is 0.411 e. The molecular weight excluding hydrogens is 466 g/mol. The summed E-state index contributed by atoms with van der Waals surface area (Å²) in [6, 6.07) is 30.1. The summed E-state index contributed by atoms with van der Waals surface area (Å²) in [7, 11) is 1.33. The van der Waals surface area contributed by atoms with Gasteiger partial charge in [0.25, 0.3) is 0 Å². The van der Waals surface area contributed by atoms with E-state index >= 15 is 0 Å². The molecule has 1 aliphatic rings. The minimum atomic E-state index is -1.24. The number of rotatable bonds is 6. The van der Waals surface area contributed by atoms with Gasteiger partial charge in [0.05, 0.1) is 19.8 Å². The monoisotopic (exact) mass is 501 g/mol. The van der Waals surface area contributed by atoms with Crippen LogP contribution >= 0.6 is 0 Å². The minimum Gasteiger partial charge on any atom is -0.467 e. The van der Waals surface area contributed by atoms with Crippen molar-refractivity contribution in [2.75, 3.05) is 13.7 Å². The van der Waals surface area contributed by atoms with Gasteiger partial charge in [-0.25, -0.2) is 9.59 Å². The molecule has 194 valence electrons. The molecule has 1 heterocycles. The van der Waals surface area contributed by atoms with Crippen LogP contribution in [0.2, 0.25) is 0 Å². The van der Waals surface area contributed by atoms with Crippen molar-refractivity contribution in [3.63, 3.8) is 0 Å². The van der Waals surface area contributed by atoms with Gasteiger partial charge in [-0.05, 0) is 44.4 Å². The van der Waals surface area contributed by atoms with Crippen LogP contribution in [0.3, 0.4) is 0 Å². The van der Waals surface area contributed by atoms with E-state index in [1.165, 1.54) is 12.0 Å². The quantitative estimate of drug-likeness (QED) is 0.309. The number of nitrogens with zero attached hydrogens (tertiary/aromatic N) is 1. The van der Waals surface area contributed by atoms with Crippen molar-refractivity contribution in [1.82, 2.24) is 4.90 Å². The number of methoxy groups -OCH3 is 1. The number of ether oxygens (including phenoxy) is 3. The average molecular weight is 502 g/mol. The molecule has 0 bridgehead atoms. The molecule has 6 nitrogen and oxygen atoms in total. The molecule has 1 aliphatic heterocycles. The first-order chi connectivity index (χ1) is 17.6. The fraction of sp³-hybridized carbons (Fsp3) is 0.355. The van der Waals surface area contributed by atoms with Crippen LogP contribution in [0.5, 0.6) is 0 Å². The van der Waals surface area contributed by atoms with Crippen molar-refractivity contribution in [3.8, 4) is 0 Å². The molecule has 3 aromatic rings. The molecule has 0 unspecified atom stereocenters. The number of likely N-dealkylation sites (tertiary alicyclic amines) is 1. The first kappa shape index (κ1) is 26.4. The van der Waals surface area contributed by atoms with Crippen LogP contribution in [-0.2, 0) is 24.6 Å². The van der Waals surface area contributed by atoms with Crippen molar-refractivity contribution < 1.29 is 23.8 Å². The van der Waals surface area contributed by atoms with E-state index < -0.39 is 34.9 Å². The maximum Gasteiger partial charge on any atom is 0.411 e. The normalized spacial score (nSPS) is 19.9. The predicted octanol–water partition coefficient (Wildman–Crippen LogP) is 5.94. The standard InChI is InChI=1S/C31H35NO5/c1-29(2,3)37-28(34)32-22-26(21-30(32,4)27(33)35-5)36-31(23-15-9-6-10-16-23,24-17-11-7-12-18-24)25-19-13-8-14-20-25/h6-20,26H,21-22H2,1-5H3/t26-,30+/m1/s1. The summed E-state index contributed by atoms with van der Waals surface area (Å²) in [6.45, 7) is 7.29. The third-order valence-corrected chi connectivity index (χ3v) is 6.73. The van der Waals surface area contributed by atoms with Crippen molar-refractivity contribution in [2.45, 2.75) is 57.0 Å². The number of amides is 1. The van der Waals surface area contributed by atoms with Crippen LogP contribution in [0.25, 0.3) is 0 Å². The summed E-state index contributed by atoms with van der Waals surface area (Å²) in [5, 5.41) is 0. The zero-order valence-corrected chi connectivity index (χ0v) is 22.1. The molecule has 2 atom stereocenters. The fourth-order valence-electron chi connectivity index (χ4n) is 5.08. The second-order valence-electron chi connectivity index (χ2n) is 10.6. The van der Waals surface area contributed by atoms with Gasteiger partial charge in [-0.15, -0.1) is 0 Å². The molecule has 0 spiro atoms. The Labute approximate surface area is 219 Å². The summed E-state index contributed by atoms with van der Waals surface area (Å²) in [6.07, 6.45) is -0.804. The molecule has 6 heteroatoms. The van der Waals surface area contributed by atoms with Gasteiger partial charge in [0.1, 0.15) is 16.7 Å². The SMILES string of the molecule is COC(=O)[C@]1(C)C[C@@H](OC(c2ccccc2)(c2ccccc2)c2ccccc2)CN1C(=O)OC(C)(C)C. The third kappa shape index (κ3) is 5.25. The largest absolute Gasteiger partial charge is 0.467 e. The van der Waals surface area contributed by atoms with Gasteiger partial charge in [0, 0.05) is 6.42 Å². The van der Waals surface area contributed by atoms with Crippen LogP contribution in [0.15, 0.2) is 91.0 Å². The van der Waals surface area contributed by atoms with Crippen LogP contribution < -0.4 is 0 Å². The molecule has 4 rings (SSSR count). The first-order valence-electron chi connectivity index (χ1n) is 12.5. The second kappa shape index (κ2) is 10.4. The van der Waals surface area contributed by atoms with Crippen LogP contribution in [-0.4, -0.2) is 47.9 Å². The molecule has 1 fully saturated rings. The van der Waals surface area contributed by atoms with Crippen LogP contribution in [0, 0.1) is 0 Å². The molecule has 1 saturated heterocycles. The molecule has 0 radical (unpaired) electrons. The number of benzene rings is 3. The minimum absolute atomic E-state index is 0.175. The van der Waals surface area contributed by atoms with Gasteiger partial charge in [-0.3, -0.25) is 4.90 Å². The Bertz CT molecular complexity index is 1110. The molecule has 0 aromatic heterocycles. The number of hydrogen-bond acceptors (Lipinski definition) is 5. The molecule has 0 N–H and O–H groups in total. The lowest BCUT2D eigenvalue weighted by molar-refractivity contribution is -0.152. The lowest BCUT2D eigenvalue weighted by atomic mass is 9.79. The Balaban J connectivity index is 1.83. The average Bonchev–Trinajstić information content (AvgIpc) is 3.24. The predicted molar refractivity (Wildman–Crippen MR) is 142 cm³/mol. The highest BCUT2D eigenvalue weighted by molar-refractivity contribution is 5.86. The first-order valence-corrected chi connectivity index (χ1v) is 12.5. The number of carbonyl (C=O) groups is 2. The number of carbonyl (C=O) groups excluding carboxylic acids is 2. The van der Waals surface area contributed by atoms with E-state index in [9.17, 15) is 9.59 Å². The highest BCUT2D eigenvalue weighted by atomic mass is 16.6.